The zero-order valence-corrected chi connectivity index (χ0v) is 18.1. The van der Waals surface area contributed by atoms with Crippen LogP contribution >= 0.6 is 0 Å². The zero-order valence-electron chi connectivity index (χ0n) is 18.1. The van der Waals surface area contributed by atoms with Crippen molar-refractivity contribution >= 4 is 17.6 Å². The van der Waals surface area contributed by atoms with Crippen molar-refractivity contribution in [3.63, 3.8) is 0 Å². The highest BCUT2D eigenvalue weighted by atomic mass is 19.4. The van der Waals surface area contributed by atoms with Gasteiger partial charge in [-0.2, -0.15) is 22.0 Å². The molecule has 0 saturated carbocycles. The summed E-state index contributed by atoms with van der Waals surface area (Å²) >= 11 is 0. The van der Waals surface area contributed by atoms with E-state index in [1.165, 1.54) is 19.2 Å². The first-order chi connectivity index (χ1) is 16.2. The van der Waals surface area contributed by atoms with E-state index < -0.39 is 69.8 Å². The number of nitrogens with zero attached hydrogens (tertiary/aromatic N) is 4. The number of hydrogen-bond acceptors (Lipinski definition) is 4. The molecule has 0 aliphatic carbocycles. The highest BCUT2D eigenvalue weighted by Gasteiger charge is 2.57. The highest BCUT2D eigenvalue weighted by molar-refractivity contribution is 6.11. The molecule has 1 amide bonds. The summed E-state index contributed by atoms with van der Waals surface area (Å²) in [6.45, 7) is -0.00270. The molecule has 1 aromatic heterocycles. The summed E-state index contributed by atoms with van der Waals surface area (Å²) in [4.78, 5) is 25.1. The summed E-state index contributed by atoms with van der Waals surface area (Å²) in [5.74, 6) is -7.75. The quantitative estimate of drug-likeness (QED) is 0.517. The fraction of sp³-hybridized carbons (Fsp3) is 0.273. The second-order valence-electron chi connectivity index (χ2n) is 8.14. The second kappa shape index (κ2) is 7.82. The summed E-state index contributed by atoms with van der Waals surface area (Å²) in [6.07, 6.45) is -3.98. The van der Waals surface area contributed by atoms with E-state index in [1.807, 2.05) is 0 Å². The third-order valence-electron chi connectivity index (χ3n) is 5.88. The number of aryl methyl sites for hydroxylation is 1. The second-order valence-corrected chi connectivity index (χ2v) is 8.14. The summed E-state index contributed by atoms with van der Waals surface area (Å²) in [5.41, 5.74) is -7.04. The van der Waals surface area contributed by atoms with Crippen LogP contribution in [0.3, 0.4) is 0 Å². The molecule has 1 unspecified atom stereocenters. The van der Waals surface area contributed by atoms with Crippen LogP contribution in [0.15, 0.2) is 42.7 Å². The molecule has 0 radical (unpaired) electrons. The SMILES string of the molecule is Cn1cnnc1C(F)(F)C(C)(F)c1cccc(N2Cc3c(cc(C(=O)O)cc3C(F)(F)F)C2=O)c1. The Kier molecular flexibility index (Phi) is 5.41. The number of hydrogen-bond donors (Lipinski definition) is 1. The number of alkyl halides is 6. The molecule has 13 heteroatoms. The van der Waals surface area contributed by atoms with Crippen LogP contribution in [0.5, 0.6) is 0 Å². The van der Waals surface area contributed by atoms with Gasteiger partial charge in [0.25, 0.3) is 5.91 Å². The predicted molar refractivity (Wildman–Crippen MR) is 109 cm³/mol. The molecule has 0 fully saturated rings. The van der Waals surface area contributed by atoms with Crippen molar-refractivity contribution in [1.29, 1.82) is 0 Å². The first kappa shape index (κ1) is 24.2. The Morgan fingerprint density at radius 3 is 2.34 bits per heavy atom. The van der Waals surface area contributed by atoms with Crippen LogP contribution in [-0.2, 0) is 31.4 Å². The van der Waals surface area contributed by atoms with Crippen LogP contribution < -0.4 is 4.90 Å². The van der Waals surface area contributed by atoms with Gasteiger partial charge in [0.05, 0.1) is 17.7 Å². The number of aromatic nitrogens is 3. The topological polar surface area (TPSA) is 88.3 Å². The Labute approximate surface area is 193 Å². The lowest BCUT2D eigenvalue weighted by Crippen LogP contribution is -2.39. The van der Waals surface area contributed by atoms with Crippen molar-refractivity contribution in [3.05, 3.63) is 76.4 Å². The van der Waals surface area contributed by atoms with Gasteiger partial charge in [-0.25, -0.2) is 9.18 Å². The number of carboxylic acid groups (broad SMARTS) is 1. The van der Waals surface area contributed by atoms with E-state index in [0.29, 0.717) is 13.0 Å². The molecule has 184 valence electrons. The molecule has 2 heterocycles. The van der Waals surface area contributed by atoms with Crippen LogP contribution in [0.1, 0.15) is 50.2 Å². The van der Waals surface area contributed by atoms with Gasteiger partial charge < -0.3 is 14.6 Å². The first-order valence-electron chi connectivity index (χ1n) is 9.97. The Morgan fingerprint density at radius 2 is 1.77 bits per heavy atom. The number of aromatic carboxylic acids is 1. The number of carbonyl (C=O) groups is 2. The summed E-state index contributed by atoms with van der Waals surface area (Å²) in [6, 6.07) is 5.65. The molecule has 3 aromatic rings. The molecule has 0 saturated heterocycles. The Bertz CT molecular complexity index is 1350. The van der Waals surface area contributed by atoms with E-state index in [-0.39, 0.29) is 5.69 Å². The van der Waals surface area contributed by atoms with Crippen molar-refractivity contribution in [2.24, 2.45) is 7.05 Å². The number of rotatable bonds is 5. The monoisotopic (exact) mass is 498 g/mol. The molecular formula is C22H16F6N4O3. The van der Waals surface area contributed by atoms with Crippen LogP contribution in [0.25, 0.3) is 0 Å². The van der Waals surface area contributed by atoms with Crippen LogP contribution in [-0.4, -0.2) is 31.7 Å². The van der Waals surface area contributed by atoms with Gasteiger partial charge in [-0.05, 0) is 42.3 Å². The summed E-state index contributed by atoms with van der Waals surface area (Å²) in [5, 5.41) is 15.8. The van der Waals surface area contributed by atoms with Gasteiger partial charge in [0.1, 0.15) is 6.33 Å². The minimum atomic E-state index is -4.96. The van der Waals surface area contributed by atoms with Crippen molar-refractivity contribution in [2.45, 2.75) is 31.2 Å². The fourth-order valence-electron chi connectivity index (χ4n) is 3.92. The van der Waals surface area contributed by atoms with E-state index in [9.17, 15) is 22.8 Å². The average molecular weight is 498 g/mol. The van der Waals surface area contributed by atoms with E-state index in [0.717, 1.165) is 34.0 Å². The van der Waals surface area contributed by atoms with Crippen molar-refractivity contribution < 1.29 is 41.0 Å². The fourth-order valence-corrected chi connectivity index (χ4v) is 3.92. The lowest BCUT2D eigenvalue weighted by atomic mass is 9.90. The van der Waals surface area contributed by atoms with Gasteiger partial charge in [-0.1, -0.05) is 12.1 Å². The number of fused-ring (bicyclic) bond motifs is 1. The number of amides is 1. The van der Waals surface area contributed by atoms with E-state index in [2.05, 4.69) is 10.2 Å². The Hall–Kier alpha value is -3.90. The average Bonchev–Trinajstić information content (AvgIpc) is 3.36. The predicted octanol–water partition coefficient (Wildman–Crippen LogP) is 4.67. The van der Waals surface area contributed by atoms with Crippen molar-refractivity contribution in [2.75, 3.05) is 4.90 Å². The van der Waals surface area contributed by atoms with E-state index >= 15 is 13.2 Å². The van der Waals surface area contributed by atoms with Gasteiger partial charge in [-0.15, -0.1) is 10.2 Å². The standard InChI is InChI=1S/C22H16F6N4O3/c1-20(23,21(24,25)19-30-29-10-31(19)2)12-4-3-5-13(8-12)32-9-15-14(17(32)33)6-11(18(34)35)7-16(15)22(26,27)28/h3-8,10H,9H2,1-2H3,(H,34,35). The van der Waals surface area contributed by atoms with Crippen molar-refractivity contribution in [1.82, 2.24) is 14.8 Å². The summed E-state index contributed by atoms with van der Waals surface area (Å²) in [7, 11) is 1.21. The largest absolute Gasteiger partial charge is 0.478 e. The third-order valence-corrected chi connectivity index (χ3v) is 5.88. The molecule has 7 nitrogen and oxygen atoms in total. The normalized spacial score (nSPS) is 15.8. The summed E-state index contributed by atoms with van der Waals surface area (Å²) < 4.78 is 87.3. The zero-order chi connectivity index (χ0) is 25.9. The number of benzene rings is 2. The smallest absolute Gasteiger partial charge is 0.416 e. The highest BCUT2D eigenvalue weighted by Crippen LogP contribution is 2.48. The van der Waals surface area contributed by atoms with E-state index in [1.54, 1.807) is 0 Å². The Morgan fingerprint density at radius 1 is 1.09 bits per heavy atom. The molecule has 1 aliphatic rings. The van der Waals surface area contributed by atoms with Crippen LogP contribution in [0.4, 0.5) is 32.0 Å². The van der Waals surface area contributed by atoms with E-state index in [4.69, 9.17) is 5.11 Å². The number of halogens is 6. The molecule has 1 N–H and O–H groups in total. The first-order valence-corrected chi connectivity index (χ1v) is 9.97. The maximum absolute atomic E-state index is 15.6. The van der Waals surface area contributed by atoms with Crippen molar-refractivity contribution in [3.8, 4) is 0 Å². The number of carboxylic acids is 1. The Balaban J connectivity index is 1.77. The maximum atomic E-state index is 15.6. The van der Waals surface area contributed by atoms with Gasteiger partial charge in [0, 0.05) is 18.3 Å². The molecule has 35 heavy (non-hydrogen) atoms. The molecule has 4 rings (SSSR count). The maximum Gasteiger partial charge on any atom is 0.416 e. The molecule has 0 spiro atoms. The number of carbonyl (C=O) groups excluding carboxylic acids is 1. The van der Waals surface area contributed by atoms with Gasteiger partial charge in [0.15, 0.2) is 0 Å². The minimum Gasteiger partial charge on any atom is -0.478 e. The molecule has 1 atom stereocenters. The van der Waals surface area contributed by atoms with Gasteiger partial charge in [-0.3, -0.25) is 4.79 Å². The van der Waals surface area contributed by atoms with Gasteiger partial charge in [0.2, 0.25) is 11.5 Å². The van der Waals surface area contributed by atoms with Crippen LogP contribution in [0.2, 0.25) is 0 Å². The molecule has 2 aromatic carbocycles. The minimum absolute atomic E-state index is 0.147. The molecule has 0 bridgehead atoms. The van der Waals surface area contributed by atoms with Crippen LogP contribution in [0, 0.1) is 0 Å². The lowest BCUT2D eigenvalue weighted by molar-refractivity contribution is -0.149. The molecule has 1 aliphatic heterocycles. The van der Waals surface area contributed by atoms with Gasteiger partial charge >= 0.3 is 18.1 Å². The number of anilines is 1. The molecular weight excluding hydrogens is 482 g/mol. The third kappa shape index (κ3) is 3.80. The lowest BCUT2D eigenvalue weighted by Gasteiger charge is -2.30.